The largest absolute Gasteiger partial charge is 0.323 e. The topological polar surface area (TPSA) is 37.8 Å². The van der Waals surface area contributed by atoms with Gasteiger partial charge in [0.15, 0.2) is 4.77 Å². The minimum absolute atomic E-state index is 0.136. The number of rotatable bonds is 3. The number of nitrogens with zero attached hydrogens (tertiary/aromatic N) is 1. The fourth-order valence-corrected chi connectivity index (χ4v) is 4.08. The van der Waals surface area contributed by atoms with E-state index in [4.69, 9.17) is 12.2 Å². The van der Waals surface area contributed by atoms with Gasteiger partial charge in [0.05, 0.1) is 11.9 Å². The zero-order valence-corrected chi connectivity index (χ0v) is 14.7. The van der Waals surface area contributed by atoms with Gasteiger partial charge in [0.1, 0.15) is 10.6 Å². The lowest BCUT2D eigenvalue weighted by Crippen LogP contribution is -2.22. The minimum atomic E-state index is -0.302. The molecule has 124 valence electrons. The Bertz CT molecular complexity index is 1160. The van der Waals surface area contributed by atoms with Crippen LogP contribution >= 0.6 is 23.6 Å². The van der Waals surface area contributed by atoms with Gasteiger partial charge in [-0.1, -0.05) is 42.5 Å². The van der Waals surface area contributed by atoms with Crippen molar-refractivity contribution in [2.75, 3.05) is 0 Å². The summed E-state index contributed by atoms with van der Waals surface area (Å²) in [6, 6.07) is 15.9. The van der Waals surface area contributed by atoms with Crippen molar-refractivity contribution >= 4 is 33.8 Å². The van der Waals surface area contributed by atoms with Crippen LogP contribution in [0.25, 0.3) is 21.3 Å². The highest BCUT2D eigenvalue weighted by molar-refractivity contribution is 7.71. The van der Waals surface area contributed by atoms with Gasteiger partial charge in [-0.25, -0.2) is 4.39 Å². The first kappa shape index (κ1) is 15.9. The van der Waals surface area contributed by atoms with E-state index >= 15 is 0 Å². The van der Waals surface area contributed by atoms with Gasteiger partial charge in [0.2, 0.25) is 0 Å². The summed E-state index contributed by atoms with van der Waals surface area (Å²) in [5, 5.41) is 2.48. The molecule has 0 aliphatic carbocycles. The van der Waals surface area contributed by atoms with Crippen LogP contribution in [0.1, 0.15) is 5.56 Å². The van der Waals surface area contributed by atoms with Crippen LogP contribution in [0.3, 0.4) is 0 Å². The summed E-state index contributed by atoms with van der Waals surface area (Å²) in [6.07, 6.45) is 0. The molecule has 3 nitrogen and oxygen atoms in total. The fraction of sp³-hybridized carbons (Fsp3) is 0.0526. The first-order valence-corrected chi connectivity index (χ1v) is 8.96. The molecule has 2 aromatic carbocycles. The molecule has 25 heavy (non-hydrogen) atoms. The van der Waals surface area contributed by atoms with Crippen molar-refractivity contribution in [2.45, 2.75) is 6.54 Å². The molecule has 0 aliphatic heterocycles. The number of aromatic nitrogens is 2. The number of hydrogen-bond donors (Lipinski definition) is 1. The first-order chi connectivity index (χ1) is 12.1. The van der Waals surface area contributed by atoms with Crippen LogP contribution < -0.4 is 5.56 Å². The average Bonchev–Trinajstić information content (AvgIpc) is 3.04. The molecule has 0 amide bonds. The summed E-state index contributed by atoms with van der Waals surface area (Å²) >= 11 is 6.80. The molecule has 0 unspecified atom stereocenters. The predicted octanol–water partition coefficient (Wildman–Crippen LogP) is 4.97. The van der Waals surface area contributed by atoms with Gasteiger partial charge in [0, 0.05) is 10.9 Å². The quantitative estimate of drug-likeness (QED) is 0.518. The summed E-state index contributed by atoms with van der Waals surface area (Å²) in [5.41, 5.74) is 2.46. The number of benzene rings is 2. The zero-order chi connectivity index (χ0) is 17.4. The van der Waals surface area contributed by atoms with Crippen molar-refractivity contribution in [3.05, 3.63) is 86.5 Å². The van der Waals surface area contributed by atoms with Crippen LogP contribution in [0.2, 0.25) is 0 Å². The number of thiophene rings is 1. The van der Waals surface area contributed by atoms with Gasteiger partial charge in [-0.2, -0.15) is 0 Å². The normalized spacial score (nSPS) is 11.1. The number of aromatic amines is 1. The second kappa shape index (κ2) is 6.38. The highest BCUT2D eigenvalue weighted by Crippen LogP contribution is 2.30. The fourth-order valence-electron chi connectivity index (χ4n) is 2.81. The van der Waals surface area contributed by atoms with Crippen LogP contribution in [0.5, 0.6) is 0 Å². The molecule has 0 saturated heterocycles. The second-order valence-electron chi connectivity index (χ2n) is 5.67. The summed E-state index contributed by atoms with van der Waals surface area (Å²) in [5.74, 6) is -0.302. The lowest BCUT2D eigenvalue weighted by Gasteiger charge is -2.07. The van der Waals surface area contributed by atoms with Crippen molar-refractivity contribution in [3.63, 3.8) is 0 Å². The monoisotopic (exact) mass is 368 g/mol. The van der Waals surface area contributed by atoms with E-state index in [2.05, 4.69) is 4.98 Å². The first-order valence-electron chi connectivity index (χ1n) is 7.67. The molecule has 0 spiro atoms. The van der Waals surface area contributed by atoms with Crippen LogP contribution in [0, 0.1) is 10.6 Å². The second-order valence-corrected chi connectivity index (χ2v) is 6.93. The van der Waals surface area contributed by atoms with E-state index in [9.17, 15) is 9.18 Å². The summed E-state index contributed by atoms with van der Waals surface area (Å²) in [4.78, 5) is 17.0. The van der Waals surface area contributed by atoms with E-state index in [1.54, 1.807) is 16.7 Å². The molecular formula is C19H13FN2OS2. The van der Waals surface area contributed by atoms with Crippen LogP contribution in [0.15, 0.2) is 64.8 Å². The molecule has 0 saturated carbocycles. The molecule has 1 N–H and O–H groups in total. The highest BCUT2D eigenvalue weighted by atomic mass is 32.1. The van der Waals surface area contributed by atoms with Gasteiger partial charge in [-0.3, -0.25) is 9.36 Å². The third-order valence-electron chi connectivity index (χ3n) is 4.05. The van der Waals surface area contributed by atoms with Crippen molar-refractivity contribution in [1.82, 2.24) is 9.55 Å². The van der Waals surface area contributed by atoms with Crippen LogP contribution in [-0.4, -0.2) is 9.55 Å². The molecule has 0 radical (unpaired) electrons. The van der Waals surface area contributed by atoms with E-state index < -0.39 is 0 Å². The molecule has 0 atom stereocenters. The Labute approximate surface area is 152 Å². The maximum atomic E-state index is 13.2. The van der Waals surface area contributed by atoms with Gasteiger partial charge in [-0.05, 0) is 35.5 Å². The van der Waals surface area contributed by atoms with E-state index in [0.29, 0.717) is 16.7 Å². The number of nitrogens with one attached hydrogen (secondary N) is 1. The molecular weight excluding hydrogens is 355 g/mol. The molecule has 0 fully saturated rings. The van der Waals surface area contributed by atoms with Crippen molar-refractivity contribution in [3.8, 4) is 11.1 Å². The van der Waals surface area contributed by atoms with Crippen molar-refractivity contribution < 1.29 is 4.39 Å². The lowest BCUT2D eigenvalue weighted by atomic mass is 10.1. The molecule has 0 aliphatic rings. The smallest absolute Gasteiger partial charge is 0.263 e. The molecule has 4 rings (SSSR count). The highest BCUT2D eigenvalue weighted by Gasteiger charge is 2.14. The van der Waals surface area contributed by atoms with E-state index in [1.807, 2.05) is 35.7 Å². The molecule has 2 aromatic heterocycles. The summed E-state index contributed by atoms with van der Waals surface area (Å²) < 4.78 is 15.2. The van der Waals surface area contributed by atoms with E-state index in [0.717, 1.165) is 21.5 Å². The van der Waals surface area contributed by atoms with E-state index in [1.165, 1.54) is 23.5 Å². The number of H-pyrrole nitrogens is 1. The molecule has 0 bridgehead atoms. The third-order valence-corrected chi connectivity index (χ3v) is 5.27. The Balaban J connectivity index is 1.91. The average molecular weight is 368 g/mol. The summed E-state index contributed by atoms with van der Waals surface area (Å²) in [6.45, 7) is 0.406. The Morgan fingerprint density at radius 2 is 1.80 bits per heavy atom. The van der Waals surface area contributed by atoms with Crippen molar-refractivity contribution in [2.24, 2.45) is 0 Å². The van der Waals surface area contributed by atoms with Gasteiger partial charge >= 0.3 is 0 Å². The molecule has 2 heterocycles. The van der Waals surface area contributed by atoms with Crippen molar-refractivity contribution in [1.29, 1.82) is 0 Å². The maximum absolute atomic E-state index is 13.2. The van der Waals surface area contributed by atoms with Crippen LogP contribution in [-0.2, 0) is 6.54 Å². The SMILES string of the molecule is O=c1c2c(-c3ccc(F)cc3)csc2[nH]c(=S)n1Cc1ccccc1. The summed E-state index contributed by atoms with van der Waals surface area (Å²) in [7, 11) is 0. The van der Waals surface area contributed by atoms with E-state index in [-0.39, 0.29) is 11.4 Å². The predicted molar refractivity (Wildman–Crippen MR) is 102 cm³/mol. The Hall–Kier alpha value is -2.57. The molecule has 4 aromatic rings. The lowest BCUT2D eigenvalue weighted by molar-refractivity contribution is 0.628. The minimum Gasteiger partial charge on any atom is -0.323 e. The zero-order valence-electron chi connectivity index (χ0n) is 13.0. The maximum Gasteiger partial charge on any atom is 0.263 e. The van der Waals surface area contributed by atoms with Gasteiger partial charge in [0.25, 0.3) is 5.56 Å². The molecule has 6 heteroatoms. The Morgan fingerprint density at radius 1 is 1.08 bits per heavy atom. The third kappa shape index (κ3) is 2.94. The Morgan fingerprint density at radius 3 is 2.52 bits per heavy atom. The standard InChI is InChI=1S/C19H13FN2OS2/c20-14-8-6-13(7-9-14)15-11-25-17-16(15)18(23)22(19(24)21-17)10-12-4-2-1-3-5-12/h1-9,11H,10H2,(H,21,24). The number of hydrogen-bond acceptors (Lipinski definition) is 3. The Kier molecular flexibility index (Phi) is 4.07. The van der Waals surface area contributed by atoms with Gasteiger partial charge < -0.3 is 4.98 Å². The van der Waals surface area contributed by atoms with Crippen LogP contribution in [0.4, 0.5) is 4.39 Å². The number of halogens is 1. The van der Waals surface area contributed by atoms with Gasteiger partial charge in [-0.15, -0.1) is 11.3 Å². The number of fused-ring (bicyclic) bond motifs is 1.